The number of halogens is 3. The first-order valence-corrected chi connectivity index (χ1v) is 13.9. The maximum atomic E-state index is 13.6. The van der Waals surface area contributed by atoms with Gasteiger partial charge in [0.2, 0.25) is 0 Å². The Kier molecular flexibility index (Phi) is 6.87. The highest BCUT2D eigenvalue weighted by molar-refractivity contribution is 9.10. The SMILES string of the molecule is CC1(C)CC(=O)C2=C(C1)OC1=C(C(=O)CC(C)(C)C1)C2c1cc(Cl)cc(Cl)c1OCc1ccc(Br)cc1. The zero-order chi connectivity index (χ0) is 26.7. The fourth-order valence-electron chi connectivity index (χ4n) is 5.67. The van der Waals surface area contributed by atoms with Crippen LogP contribution in [0.5, 0.6) is 5.75 Å². The first kappa shape index (κ1) is 26.5. The zero-order valence-electron chi connectivity index (χ0n) is 21.3. The van der Waals surface area contributed by atoms with Crippen LogP contribution in [0.1, 0.15) is 70.4 Å². The number of carbonyl (C=O) groups is 2. The van der Waals surface area contributed by atoms with Crippen LogP contribution in [0.15, 0.2) is 63.5 Å². The quantitative estimate of drug-likeness (QED) is 0.350. The first-order chi connectivity index (χ1) is 17.3. The van der Waals surface area contributed by atoms with Gasteiger partial charge in [0.25, 0.3) is 0 Å². The van der Waals surface area contributed by atoms with E-state index in [0.29, 0.717) is 69.7 Å². The van der Waals surface area contributed by atoms with Crippen LogP contribution in [-0.4, -0.2) is 11.6 Å². The summed E-state index contributed by atoms with van der Waals surface area (Å²) < 4.78 is 13.7. The van der Waals surface area contributed by atoms with Crippen LogP contribution in [-0.2, 0) is 20.9 Å². The lowest BCUT2D eigenvalue weighted by molar-refractivity contribution is -0.120. The van der Waals surface area contributed by atoms with E-state index >= 15 is 0 Å². The molecule has 2 aromatic rings. The van der Waals surface area contributed by atoms with Crippen molar-refractivity contribution in [1.82, 2.24) is 0 Å². The van der Waals surface area contributed by atoms with Crippen LogP contribution in [0.3, 0.4) is 0 Å². The van der Waals surface area contributed by atoms with Crippen molar-refractivity contribution in [3.05, 3.63) is 84.7 Å². The third kappa shape index (κ3) is 5.28. The van der Waals surface area contributed by atoms with Gasteiger partial charge in [-0.2, -0.15) is 0 Å². The molecule has 3 aliphatic rings. The Hall–Kier alpha value is -2.08. The lowest BCUT2D eigenvalue weighted by Gasteiger charge is -2.43. The van der Waals surface area contributed by atoms with E-state index in [0.717, 1.165) is 10.0 Å². The van der Waals surface area contributed by atoms with Gasteiger partial charge in [-0.15, -0.1) is 0 Å². The lowest BCUT2D eigenvalue weighted by Crippen LogP contribution is -2.37. The number of carbonyl (C=O) groups excluding carboxylic acids is 2. The zero-order valence-corrected chi connectivity index (χ0v) is 24.4. The van der Waals surface area contributed by atoms with E-state index in [1.165, 1.54) is 0 Å². The van der Waals surface area contributed by atoms with Crippen LogP contribution in [0, 0.1) is 10.8 Å². The van der Waals surface area contributed by atoms with Crippen LogP contribution in [0.2, 0.25) is 10.0 Å². The highest BCUT2D eigenvalue weighted by Gasteiger charge is 2.48. The number of Topliss-reactive ketones (excluding diaryl/α,β-unsaturated/α-hetero) is 2. The molecular formula is C30H29BrCl2O4. The number of allylic oxidation sites excluding steroid dienone is 4. The van der Waals surface area contributed by atoms with Crippen molar-refractivity contribution < 1.29 is 19.1 Å². The molecule has 0 atom stereocenters. The Morgan fingerprint density at radius 2 is 1.43 bits per heavy atom. The van der Waals surface area contributed by atoms with Crippen molar-refractivity contribution in [2.24, 2.45) is 10.8 Å². The highest BCUT2D eigenvalue weighted by Crippen LogP contribution is 2.55. The number of hydrogen-bond acceptors (Lipinski definition) is 4. The summed E-state index contributed by atoms with van der Waals surface area (Å²) in [6.07, 6.45) is 1.97. The molecule has 1 heterocycles. The number of ether oxygens (including phenoxy) is 2. The van der Waals surface area contributed by atoms with E-state index in [2.05, 4.69) is 43.6 Å². The minimum Gasteiger partial charge on any atom is -0.487 e. The minimum atomic E-state index is -0.637. The molecule has 0 bridgehead atoms. The molecule has 0 unspecified atom stereocenters. The topological polar surface area (TPSA) is 52.6 Å². The Balaban J connectivity index is 1.67. The second kappa shape index (κ2) is 9.59. The second-order valence-electron chi connectivity index (χ2n) is 11.8. The molecule has 0 radical (unpaired) electrons. The van der Waals surface area contributed by atoms with Crippen molar-refractivity contribution in [3.63, 3.8) is 0 Å². The summed E-state index contributed by atoms with van der Waals surface area (Å²) in [5, 5.41) is 0.751. The summed E-state index contributed by atoms with van der Waals surface area (Å²) in [4.78, 5) is 27.3. The molecule has 0 N–H and O–H groups in total. The lowest BCUT2D eigenvalue weighted by atomic mass is 9.65. The van der Waals surface area contributed by atoms with Gasteiger partial charge in [-0.25, -0.2) is 0 Å². The third-order valence-corrected chi connectivity index (χ3v) is 8.25. The summed E-state index contributed by atoms with van der Waals surface area (Å²) in [6.45, 7) is 8.53. The van der Waals surface area contributed by atoms with E-state index in [-0.39, 0.29) is 29.0 Å². The van der Waals surface area contributed by atoms with Gasteiger partial charge in [0.1, 0.15) is 23.9 Å². The maximum absolute atomic E-state index is 13.6. The highest BCUT2D eigenvalue weighted by atomic mass is 79.9. The number of hydrogen-bond donors (Lipinski definition) is 0. The van der Waals surface area contributed by atoms with E-state index in [4.69, 9.17) is 32.7 Å². The predicted molar refractivity (Wildman–Crippen MR) is 149 cm³/mol. The van der Waals surface area contributed by atoms with Gasteiger partial charge in [0.05, 0.1) is 10.9 Å². The number of benzene rings is 2. The average molecular weight is 604 g/mol. The summed E-state index contributed by atoms with van der Waals surface area (Å²) >= 11 is 16.7. The summed E-state index contributed by atoms with van der Waals surface area (Å²) in [5.41, 5.74) is 2.16. The average Bonchev–Trinajstić information content (AvgIpc) is 2.76. The maximum Gasteiger partial charge on any atom is 0.163 e. The monoisotopic (exact) mass is 602 g/mol. The van der Waals surface area contributed by atoms with Gasteiger partial charge in [-0.3, -0.25) is 9.59 Å². The molecule has 4 nitrogen and oxygen atoms in total. The second-order valence-corrected chi connectivity index (χ2v) is 13.6. The summed E-state index contributed by atoms with van der Waals surface area (Å²) in [7, 11) is 0. The van der Waals surface area contributed by atoms with E-state index in [1.54, 1.807) is 12.1 Å². The molecule has 0 aromatic heterocycles. The first-order valence-electron chi connectivity index (χ1n) is 12.4. The molecule has 0 fully saturated rings. The Labute approximate surface area is 236 Å². The predicted octanol–water partition coefficient (Wildman–Crippen LogP) is 8.74. The third-order valence-electron chi connectivity index (χ3n) is 7.23. The smallest absolute Gasteiger partial charge is 0.163 e. The van der Waals surface area contributed by atoms with E-state index < -0.39 is 5.92 Å². The molecule has 0 saturated carbocycles. The fourth-order valence-corrected chi connectivity index (χ4v) is 6.50. The molecule has 1 aliphatic heterocycles. The number of ketones is 2. The molecule has 37 heavy (non-hydrogen) atoms. The Bertz CT molecular complexity index is 1320. The number of rotatable bonds is 4. The molecule has 0 saturated heterocycles. The molecule has 2 aliphatic carbocycles. The Morgan fingerprint density at radius 3 is 1.97 bits per heavy atom. The van der Waals surface area contributed by atoms with Gasteiger partial charge in [-0.05, 0) is 40.7 Å². The summed E-state index contributed by atoms with van der Waals surface area (Å²) in [6, 6.07) is 11.2. The van der Waals surface area contributed by atoms with Crippen molar-refractivity contribution in [2.45, 2.75) is 65.9 Å². The molecule has 5 rings (SSSR count). The van der Waals surface area contributed by atoms with Crippen molar-refractivity contribution in [1.29, 1.82) is 0 Å². The van der Waals surface area contributed by atoms with Crippen LogP contribution in [0.4, 0.5) is 0 Å². The van der Waals surface area contributed by atoms with E-state index in [1.807, 2.05) is 24.3 Å². The molecular weight excluding hydrogens is 575 g/mol. The van der Waals surface area contributed by atoms with Gasteiger partial charge in [-0.1, -0.05) is 79.0 Å². The molecule has 2 aromatic carbocycles. The van der Waals surface area contributed by atoms with Crippen molar-refractivity contribution >= 4 is 50.7 Å². The summed E-state index contributed by atoms with van der Waals surface area (Å²) in [5.74, 6) is 1.04. The van der Waals surface area contributed by atoms with E-state index in [9.17, 15) is 9.59 Å². The van der Waals surface area contributed by atoms with Gasteiger partial charge >= 0.3 is 0 Å². The van der Waals surface area contributed by atoms with Gasteiger partial charge in [0, 0.05) is 51.9 Å². The van der Waals surface area contributed by atoms with Crippen LogP contribution >= 0.6 is 39.1 Å². The van der Waals surface area contributed by atoms with Crippen LogP contribution < -0.4 is 4.74 Å². The van der Waals surface area contributed by atoms with Gasteiger partial charge in [0.15, 0.2) is 11.6 Å². The molecule has 0 amide bonds. The van der Waals surface area contributed by atoms with Crippen molar-refractivity contribution in [2.75, 3.05) is 0 Å². The largest absolute Gasteiger partial charge is 0.487 e. The standard InChI is InChI=1S/C30H29BrCl2O4/c1-29(2)11-21(34)26-23(13-29)37-24-14-30(3,4)12-22(35)27(24)25(26)19-9-18(32)10-20(33)28(19)36-15-16-5-7-17(31)8-6-16/h5-10,25H,11-15H2,1-4H3. The van der Waals surface area contributed by atoms with Gasteiger partial charge < -0.3 is 9.47 Å². The van der Waals surface area contributed by atoms with Crippen molar-refractivity contribution in [3.8, 4) is 5.75 Å². The Morgan fingerprint density at radius 1 is 0.892 bits per heavy atom. The fraction of sp³-hybridized carbons (Fsp3) is 0.400. The normalized spacial score (nSPS) is 20.9. The van der Waals surface area contributed by atoms with Crippen LogP contribution in [0.25, 0.3) is 0 Å². The molecule has 194 valence electrons. The molecule has 0 spiro atoms. The minimum absolute atomic E-state index is 0.0182. The molecule has 7 heteroatoms.